The Balaban J connectivity index is 2.15. The third kappa shape index (κ3) is 3.63. The smallest absolute Gasteiger partial charge is 0.0443 e. The minimum Gasteiger partial charge on any atom is -0.396 e. The van der Waals surface area contributed by atoms with Crippen LogP contribution < -0.4 is 5.73 Å². The predicted molar refractivity (Wildman–Crippen MR) is 54.5 cm³/mol. The van der Waals surface area contributed by atoms with E-state index in [0.717, 1.165) is 26.1 Å². The summed E-state index contributed by atoms with van der Waals surface area (Å²) in [6.07, 6.45) is 3.36. The van der Waals surface area contributed by atoms with E-state index in [9.17, 15) is 0 Å². The Bertz CT molecular complexity index is 131. The number of piperidine rings is 1. The van der Waals surface area contributed by atoms with Gasteiger partial charge in [0.15, 0.2) is 0 Å². The average Bonchev–Trinajstić information content (AvgIpc) is 2.15. The molecule has 3 N–H and O–H groups in total. The Morgan fingerprint density at radius 2 is 2.08 bits per heavy atom. The quantitative estimate of drug-likeness (QED) is 0.669. The van der Waals surface area contributed by atoms with Crippen LogP contribution in [0.1, 0.15) is 26.2 Å². The summed E-state index contributed by atoms with van der Waals surface area (Å²) in [6.45, 7) is 5.78. The first-order chi connectivity index (χ1) is 6.24. The van der Waals surface area contributed by atoms with Crippen molar-refractivity contribution in [3.8, 4) is 0 Å². The molecular weight excluding hydrogens is 164 g/mol. The van der Waals surface area contributed by atoms with E-state index in [4.69, 9.17) is 10.8 Å². The molecule has 3 heteroatoms. The van der Waals surface area contributed by atoms with E-state index in [2.05, 4.69) is 11.8 Å². The summed E-state index contributed by atoms with van der Waals surface area (Å²) in [5, 5.41) is 8.69. The molecule has 1 fully saturated rings. The highest BCUT2D eigenvalue weighted by atomic mass is 16.3. The Morgan fingerprint density at radius 1 is 1.46 bits per heavy atom. The summed E-state index contributed by atoms with van der Waals surface area (Å²) in [5.41, 5.74) is 5.85. The van der Waals surface area contributed by atoms with Crippen LogP contribution in [0.3, 0.4) is 0 Å². The number of likely N-dealkylation sites (tertiary alicyclic amines) is 1. The summed E-state index contributed by atoms with van der Waals surface area (Å²) in [4.78, 5) is 2.43. The van der Waals surface area contributed by atoms with Crippen LogP contribution in [0, 0.1) is 5.92 Å². The van der Waals surface area contributed by atoms with Gasteiger partial charge in [-0.25, -0.2) is 0 Å². The maximum Gasteiger partial charge on any atom is 0.0443 e. The van der Waals surface area contributed by atoms with Crippen molar-refractivity contribution in [2.75, 3.05) is 26.2 Å². The number of hydrogen-bond acceptors (Lipinski definition) is 3. The Hall–Kier alpha value is -0.120. The molecule has 0 bridgehead atoms. The van der Waals surface area contributed by atoms with Crippen molar-refractivity contribution in [1.82, 2.24) is 4.90 Å². The van der Waals surface area contributed by atoms with Gasteiger partial charge in [-0.3, -0.25) is 0 Å². The van der Waals surface area contributed by atoms with Gasteiger partial charge in [0.25, 0.3) is 0 Å². The van der Waals surface area contributed by atoms with Crippen LogP contribution in [0.2, 0.25) is 0 Å². The van der Waals surface area contributed by atoms with E-state index < -0.39 is 0 Å². The fourth-order valence-corrected chi connectivity index (χ4v) is 2.00. The van der Waals surface area contributed by atoms with Gasteiger partial charge in [-0.1, -0.05) is 0 Å². The zero-order valence-electron chi connectivity index (χ0n) is 8.58. The van der Waals surface area contributed by atoms with Gasteiger partial charge in [-0.2, -0.15) is 0 Å². The van der Waals surface area contributed by atoms with Crippen molar-refractivity contribution in [2.24, 2.45) is 11.7 Å². The molecule has 13 heavy (non-hydrogen) atoms. The van der Waals surface area contributed by atoms with Crippen molar-refractivity contribution < 1.29 is 5.11 Å². The number of aliphatic hydroxyl groups is 1. The highest BCUT2D eigenvalue weighted by molar-refractivity contribution is 4.77. The van der Waals surface area contributed by atoms with Crippen molar-refractivity contribution >= 4 is 0 Å². The van der Waals surface area contributed by atoms with E-state index in [1.807, 2.05) is 0 Å². The number of hydrogen-bond donors (Lipinski definition) is 2. The Morgan fingerprint density at radius 3 is 2.54 bits per heavy atom. The van der Waals surface area contributed by atoms with Crippen LogP contribution in [0.5, 0.6) is 0 Å². The molecule has 1 unspecified atom stereocenters. The highest BCUT2D eigenvalue weighted by Crippen LogP contribution is 2.19. The highest BCUT2D eigenvalue weighted by Gasteiger charge is 2.20. The number of aliphatic hydroxyl groups excluding tert-OH is 1. The maximum absolute atomic E-state index is 8.69. The van der Waals surface area contributed by atoms with Crippen molar-refractivity contribution in [3.05, 3.63) is 0 Å². The molecule has 1 heterocycles. The number of nitrogens with zero attached hydrogens (tertiary/aromatic N) is 1. The van der Waals surface area contributed by atoms with Crippen molar-refractivity contribution in [3.63, 3.8) is 0 Å². The number of nitrogens with two attached hydrogens (primary N) is 1. The maximum atomic E-state index is 8.69. The van der Waals surface area contributed by atoms with Crippen LogP contribution in [0.4, 0.5) is 0 Å². The van der Waals surface area contributed by atoms with E-state index in [-0.39, 0.29) is 0 Å². The topological polar surface area (TPSA) is 49.5 Å². The van der Waals surface area contributed by atoms with E-state index >= 15 is 0 Å². The second-order valence-electron chi connectivity index (χ2n) is 4.12. The summed E-state index contributed by atoms with van der Waals surface area (Å²) in [7, 11) is 0. The molecule has 1 aliphatic rings. The summed E-state index contributed by atoms with van der Waals surface area (Å²) in [5.74, 6) is 0.713. The van der Waals surface area contributed by atoms with Gasteiger partial charge in [0.05, 0.1) is 0 Å². The van der Waals surface area contributed by atoms with Crippen molar-refractivity contribution in [1.29, 1.82) is 0 Å². The van der Waals surface area contributed by atoms with Crippen LogP contribution in [-0.2, 0) is 0 Å². The molecule has 78 valence electrons. The third-order valence-electron chi connectivity index (χ3n) is 3.01. The minimum absolute atomic E-state index is 0.313. The van der Waals surface area contributed by atoms with Crippen LogP contribution in [0.15, 0.2) is 0 Å². The van der Waals surface area contributed by atoms with Gasteiger partial charge < -0.3 is 15.7 Å². The van der Waals surface area contributed by atoms with Gasteiger partial charge >= 0.3 is 0 Å². The van der Waals surface area contributed by atoms with Gasteiger partial charge in [0.1, 0.15) is 0 Å². The van der Waals surface area contributed by atoms with E-state index in [0.29, 0.717) is 18.6 Å². The first-order valence-corrected chi connectivity index (χ1v) is 5.33. The fraction of sp³-hybridized carbons (Fsp3) is 1.00. The standard InChI is InChI=1S/C10H22N2O/c1-9(11)10-3-6-12(7-4-10)5-2-8-13/h9-10,13H,2-8,11H2,1H3. The van der Waals surface area contributed by atoms with E-state index in [1.165, 1.54) is 12.8 Å². The minimum atomic E-state index is 0.313. The molecule has 1 saturated heterocycles. The molecule has 0 spiro atoms. The normalized spacial score (nSPS) is 23.3. The lowest BCUT2D eigenvalue weighted by Gasteiger charge is -2.33. The van der Waals surface area contributed by atoms with Crippen LogP contribution in [-0.4, -0.2) is 42.3 Å². The Kier molecular flexibility index (Phi) is 4.70. The second kappa shape index (κ2) is 5.58. The molecular formula is C10H22N2O. The van der Waals surface area contributed by atoms with Gasteiger partial charge in [0.2, 0.25) is 0 Å². The average molecular weight is 186 g/mol. The molecule has 3 nitrogen and oxygen atoms in total. The zero-order valence-corrected chi connectivity index (χ0v) is 8.58. The lowest BCUT2D eigenvalue weighted by molar-refractivity contribution is 0.158. The molecule has 0 amide bonds. The molecule has 1 atom stereocenters. The van der Waals surface area contributed by atoms with Crippen LogP contribution in [0.25, 0.3) is 0 Å². The van der Waals surface area contributed by atoms with Gasteiger partial charge in [-0.15, -0.1) is 0 Å². The predicted octanol–water partition coefficient (Wildman–Crippen LogP) is 0.428. The fourth-order valence-electron chi connectivity index (χ4n) is 2.00. The summed E-state index contributed by atoms with van der Waals surface area (Å²) >= 11 is 0. The zero-order chi connectivity index (χ0) is 9.68. The molecule has 0 aromatic rings. The van der Waals surface area contributed by atoms with E-state index in [1.54, 1.807) is 0 Å². The molecule has 0 aromatic carbocycles. The molecule has 1 aliphatic heterocycles. The van der Waals surface area contributed by atoms with Crippen molar-refractivity contribution in [2.45, 2.75) is 32.2 Å². The first kappa shape index (κ1) is 11.0. The lowest BCUT2D eigenvalue weighted by Crippen LogP contribution is -2.40. The molecule has 0 saturated carbocycles. The van der Waals surface area contributed by atoms with Gasteiger partial charge in [0, 0.05) is 19.2 Å². The third-order valence-corrected chi connectivity index (χ3v) is 3.01. The summed E-state index contributed by atoms with van der Waals surface area (Å²) < 4.78 is 0. The van der Waals surface area contributed by atoms with Gasteiger partial charge in [-0.05, 0) is 45.2 Å². The molecule has 1 rings (SSSR count). The Labute approximate surface area is 80.9 Å². The lowest BCUT2D eigenvalue weighted by atomic mass is 9.91. The monoisotopic (exact) mass is 186 g/mol. The first-order valence-electron chi connectivity index (χ1n) is 5.33. The van der Waals surface area contributed by atoms with Crippen LogP contribution >= 0.6 is 0 Å². The molecule has 0 aliphatic carbocycles. The second-order valence-corrected chi connectivity index (χ2v) is 4.12. The summed E-state index contributed by atoms with van der Waals surface area (Å²) in [6, 6.07) is 0.347. The molecule has 0 aromatic heterocycles. The SMILES string of the molecule is CC(N)C1CCN(CCCO)CC1. The molecule has 0 radical (unpaired) electrons. The number of rotatable bonds is 4. The largest absolute Gasteiger partial charge is 0.396 e.